The van der Waals surface area contributed by atoms with Crippen molar-refractivity contribution in [2.24, 2.45) is 11.8 Å². The zero-order valence-electron chi connectivity index (χ0n) is 20.1. The highest BCUT2D eigenvalue weighted by molar-refractivity contribution is 6.24. The highest BCUT2D eigenvalue weighted by atomic mass is 16.5. The number of amides is 2. The molecule has 2 saturated heterocycles. The average Bonchev–Trinajstić information content (AvgIpc) is 3.39. The number of benzene rings is 3. The van der Waals surface area contributed by atoms with Crippen LogP contribution in [-0.4, -0.2) is 37.1 Å². The van der Waals surface area contributed by atoms with Gasteiger partial charge in [-0.25, -0.2) is 9.69 Å². The van der Waals surface area contributed by atoms with Crippen LogP contribution in [0.3, 0.4) is 0 Å². The second-order valence-corrected chi connectivity index (χ2v) is 9.07. The molecule has 0 bridgehead atoms. The monoisotopic (exact) mass is 486 g/mol. The third-order valence-corrected chi connectivity index (χ3v) is 7.15. The minimum absolute atomic E-state index is 0.0619. The first kappa shape index (κ1) is 23.6. The largest absolute Gasteiger partial charge is 0.504 e. The Hall–Kier alpha value is -4.17. The van der Waals surface area contributed by atoms with Crippen LogP contribution in [0, 0.1) is 18.8 Å². The predicted molar refractivity (Wildman–Crippen MR) is 131 cm³/mol. The smallest absolute Gasteiger partial charge is 0.331 e. The second-order valence-electron chi connectivity index (χ2n) is 9.07. The van der Waals surface area contributed by atoms with E-state index in [1.54, 1.807) is 48.5 Å². The van der Waals surface area contributed by atoms with Crippen LogP contribution in [0.2, 0.25) is 0 Å². The third-order valence-electron chi connectivity index (χ3n) is 7.15. The van der Waals surface area contributed by atoms with Gasteiger partial charge in [-0.2, -0.15) is 0 Å². The maximum absolute atomic E-state index is 14.0. The van der Waals surface area contributed by atoms with Gasteiger partial charge < -0.3 is 14.6 Å². The van der Waals surface area contributed by atoms with Crippen LogP contribution in [0.25, 0.3) is 0 Å². The number of methoxy groups -OCH3 is 2. The van der Waals surface area contributed by atoms with Crippen molar-refractivity contribution in [1.29, 1.82) is 0 Å². The zero-order chi connectivity index (χ0) is 25.6. The van der Waals surface area contributed by atoms with E-state index >= 15 is 0 Å². The van der Waals surface area contributed by atoms with E-state index in [4.69, 9.17) is 9.47 Å². The number of carbonyl (C=O) groups is 3. The Morgan fingerprint density at radius 3 is 2.31 bits per heavy atom. The second kappa shape index (κ2) is 8.80. The van der Waals surface area contributed by atoms with E-state index in [0.29, 0.717) is 16.8 Å². The quantitative estimate of drug-likeness (QED) is 0.421. The normalized spacial score (nSPS) is 25.1. The van der Waals surface area contributed by atoms with Gasteiger partial charge in [-0.3, -0.25) is 14.9 Å². The molecule has 2 aliphatic heterocycles. The summed E-state index contributed by atoms with van der Waals surface area (Å²) in [4.78, 5) is 42.7. The first-order chi connectivity index (χ1) is 17.3. The highest BCUT2D eigenvalue weighted by Crippen LogP contribution is 2.54. The number of anilines is 1. The van der Waals surface area contributed by atoms with Gasteiger partial charge in [0.15, 0.2) is 17.0 Å². The first-order valence-corrected chi connectivity index (χ1v) is 11.6. The van der Waals surface area contributed by atoms with E-state index < -0.39 is 41.2 Å². The van der Waals surface area contributed by atoms with Crippen LogP contribution in [0.1, 0.15) is 22.7 Å². The van der Waals surface area contributed by atoms with E-state index in [1.807, 2.05) is 25.1 Å². The summed E-state index contributed by atoms with van der Waals surface area (Å²) in [6.07, 6.45) is 0. The number of hydrogen-bond acceptors (Lipinski definition) is 7. The maximum Gasteiger partial charge on any atom is 0.331 e. The molecule has 0 radical (unpaired) electrons. The lowest BCUT2D eigenvalue weighted by Gasteiger charge is -2.33. The van der Waals surface area contributed by atoms with Crippen LogP contribution in [0.4, 0.5) is 5.69 Å². The van der Waals surface area contributed by atoms with Gasteiger partial charge in [0.05, 0.1) is 31.7 Å². The summed E-state index contributed by atoms with van der Waals surface area (Å²) in [5, 5.41) is 13.5. The van der Waals surface area contributed by atoms with Crippen molar-refractivity contribution >= 4 is 23.5 Å². The molecule has 2 heterocycles. The Bertz CT molecular complexity index is 1340. The lowest BCUT2D eigenvalue weighted by atomic mass is 9.75. The molecule has 0 aliphatic carbocycles. The fourth-order valence-corrected chi connectivity index (χ4v) is 5.46. The number of carbonyl (C=O) groups excluding carboxylic acids is 3. The van der Waals surface area contributed by atoms with Crippen LogP contribution < -0.4 is 15.0 Å². The molecule has 0 aromatic heterocycles. The summed E-state index contributed by atoms with van der Waals surface area (Å²) >= 11 is 0. The minimum Gasteiger partial charge on any atom is -0.504 e. The highest BCUT2D eigenvalue weighted by Gasteiger charge is 2.69. The van der Waals surface area contributed by atoms with E-state index in [1.165, 1.54) is 25.2 Å². The number of ether oxygens (including phenoxy) is 2. The van der Waals surface area contributed by atoms with Gasteiger partial charge in [0.2, 0.25) is 11.8 Å². The number of imide groups is 1. The molecule has 36 heavy (non-hydrogen) atoms. The number of aryl methyl sites for hydroxylation is 1. The number of nitrogens with zero attached hydrogens (tertiary/aromatic N) is 1. The van der Waals surface area contributed by atoms with Gasteiger partial charge in [0.25, 0.3) is 0 Å². The molecule has 2 aliphatic rings. The van der Waals surface area contributed by atoms with Crippen molar-refractivity contribution in [3.05, 3.63) is 89.5 Å². The number of esters is 1. The molecule has 2 N–H and O–H groups in total. The van der Waals surface area contributed by atoms with E-state index in [9.17, 15) is 19.5 Å². The molecule has 3 aromatic rings. The molecule has 8 nitrogen and oxygen atoms in total. The number of fused-ring (bicyclic) bond motifs is 1. The lowest BCUT2D eigenvalue weighted by Crippen LogP contribution is -2.53. The maximum atomic E-state index is 14.0. The zero-order valence-corrected chi connectivity index (χ0v) is 20.1. The van der Waals surface area contributed by atoms with Gasteiger partial charge in [0, 0.05) is 6.04 Å². The Labute approximate surface area is 208 Å². The van der Waals surface area contributed by atoms with Crippen molar-refractivity contribution < 1.29 is 29.0 Å². The van der Waals surface area contributed by atoms with Crippen molar-refractivity contribution in [2.75, 3.05) is 19.1 Å². The van der Waals surface area contributed by atoms with E-state index in [-0.39, 0.29) is 11.5 Å². The fourth-order valence-electron chi connectivity index (χ4n) is 5.46. The molecule has 0 spiro atoms. The molecule has 2 fully saturated rings. The van der Waals surface area contributed by atoms with Crippen LogP contribution in [0.15, 0.2) is 72.8 Å². The topological polar surface area (TPSA) is 105 Å². The Balaban J connectivity index is 1.73. The lowest BCUT2D eigenvalue weighted by molar-refractivity contribution is -0.152. The Kier molecular flexibility index (Phi) is 5.76. The average molecular weight is 487 g/mol. The molecular formula is C28H26N2O6. The molecule has 2 amide bonds. The Morgan fingerprint density at radius 1 is 0.972 bits per heavy atom. The van der Waals surface area contributed by atoms with Gasteiger partial charge in [-0.1, -0.05) is 54.1 Å². The van der Waals surface area contributed by atoms with Gasteiger partial charge in [-0.05, 0) is 42.3 Å². The van der Waals surface area contributed by atoms with Crippen molar-refractivity contribution in [1.82, 2.24) is 5.32 Å². The van der Waals surface area contributed by atoms with Crippen LogP contribution in [-0.2, 0) is 24.7 Å². The standard InChI is InChI=1S/C28H26N2O6/c1-16-9-12-19(13-10-16)30-25(32)22-23(26(30)33)28(27(34)36-3,18-7-5-4-6-8-18)29-24(22)17-11-14-20(31)21(15-17)35-2/h4-15,22-24,29,31H,1-3H3/t22-,23+,24-,28-/m1/s1. The summed E-state index contributed by atoms with van der Waals surface area (Å²) in [5.41, 5.74) is 0.934. The van der Waals surface area contributed by atoms with E-state index in [2.05, 4.69) is 5.32 Å². The first-order valence-electron chi connectivity index (χ1n) is 11.6. The molecule has 4 atom stereocenters. The third kappa shape index (κ3) is 3.37. The summed E-state index contributed by atoms with van der Waals surface area (Å²) in [5.74, 6) is -3.38. The molecule has 0 saturated carbocycles. The fraction of sp³-hybridized carbons (Fsp3) is 0.250. The summed E-state index contributed by atoms with van der Waals surface area (Å²) in [6.45, 7) is 1.92. The molecule has 0 unspecified atom stereocenters. The number of aromatic hydroxyl groups is 1. The van der Waals surface area contributed by atoms with Gasteiger partial charge in [-0.15, -0.1) is 0 Å². The van der Waals surface area contributed by atoms with Crippen molar-refractivity contribution in [3.63, 3.8) is 0 Å². The minimum atomic E-state index is -1.61. The van der Waals surface area contributed by atoms with Crippen molar-refractivity contribution in [2.45, 2.75) is 18.5 Å². The SMILES string of the molecule is COC(=O)[C@]1(c2ccccc2)N[C@H](c2ccc(O)c(OC)c2)[C@@H]2C(=O)N(c3ccc(C)cc3)C(=O)[C@H]21. The number of nitrogens with one attached hydrogen (secondary N) is 1. The number of hydrogen-bond donors (Lipinski definition) is 2. The number of rotatable bonds is 5. The van der Waals surface area contributed by atoms with E-state index in [0.717, 1.165) is 5.56 Å². The van der Waals surface area contributed by atoms with Crippen molar-refractivity contribution in [3.8, 4) is 11.5 Å². The molecule has 3 aromatic carbocycles. The predicted octanol–water partition coefficient (Wildman–Crippen LogP) is 3.23. The number of phenolic OH excluding ortho intramolecular Hbond substituents is 1. The summed E-state index contributed by atoms with van der Waals surface area (Å²) in [7, 11) is 2.69. The van der Waals surface area contributed by atoms with Gasteiger partial charge in [0.1, 0.15) is 0 Å². The van der Waals surface area contributed by atoms with Gasteiger partial charge >= 0.3 is 5.97 Å². The Morgan fingerprint density at radius 2 is 1.67 bits per heavy atom. The number of phenols is 1. The van der Waals surface area contributed by atoms with Crippen LogP contribution >= 0.6 is 0 Å². The molecular weight excluding hydrogens is 460 g/mol. The molecule has 184 valence electrons. The summed E-state index contributed by atoms with van der Waals surface area (Å²) in [6, 6.07) is 19.9. The summed E-state index contributed by atoms with van der Waals surface area (Å²) < 4.78 is 10.5. The van der Waals surface area contributed by atoms with Crippen LogP contribution in [0.5, 0.6) is 11.5 Å². The molecule has 8 heteroatoms. The molecule has 5 rings (SSSR count).